The number of hydrogen-bond donors (Lipinski definition) is 0. The summed E-state index contributed by atoms with van der Waals surface area (Å²) in [6, 6.07) is 5.45. The van der Waals surface area contributed by atoms with Crippen molar-refractivity contribution in [2.24, 2.45) is 0 Å². The Morgan fingerprint density at radius 1 is 1.44 bits per heavy atom. The Labute approximate surface area is 105 Å². The van der Waals surface area contributed by atoms with Crippen LogP contribution in [0.15, 0.2) is 22.1 Å². The van der Waals surface area contributed by atoms with Gasteiger partial charge in [-0.2, -0.15) is 5.26 Å². The smallest absolute Gasteiger partial charge is 0.264 e. The fraction of sp³-hybridized carbons (Fsp3) is 0.385. The molecule has 18 heavy (non-hydrogen) atoms. The first kappa shape index (κ1) is 12.4. The molecule has 1 aromatic heterocycles. The number of morpholine rings is 1. The van der Waals surface area contributed by atoms with Gasteiger partial charge in [0.05, 0.1) is 13.2 Å². The largest absolute Gasteiger partial charge is 0.462 e. The zero-order valence-corrected chi connectivity index (χ0v) is 10.2. The first-order valence-electron chi connectivity index (χ1n) is 5.76. The third-order valence-electron chi connectivity index (χ3n) is 2.70. The quantitative estimate of drug-likeness (QED) is 0.583. The second-order valence-corrected chi connectivity index (χ2v) is 4.02. The molecule has 1 aliphatic heterocycles. The molecule has 2 rings (SSSR count). The fourth-order valence-corrected chi connectivity index (χ4v) is 1.75. The minimum Gasteiger partial charge on any atom is -0.462 e. The van der Waals surface area contributed by atoms with Crippen LogP contribution in [-0.4, -0.2) is 37.1 Å². The molecule has 94 valence electrons. The van der Waals surface area contributed by atoms with Gasteiger partial charge in [-0.15, -0.1) is 0 Å². The number of nitrogens with zero attached hydrogens (tertiary/aromatic N) is 2. The standard InChI is InChI=1S/C13H14N2O3/c1-10-2-3-12(18-10)8-11(9-14)13(16)15-4-6-17-7-5-15/h2-3,8H,4-7H2,1H3/b11-8+. The first-order chi connectivity index (χ1) is 8.70. The molecule has 1 saturated heterocycles. The summed E-state index contributed by atoms with van der Waals surface area (Å²) in [6.45, 7) is 3.89. The monoisotopic (exact) mass is 246 g/mol. The number of carbonyl (C=O) groups is 1. The van der Waals surface area contributed by atoms with Crippen LogP contribution >= 0.6 is 0 Å². The third-order valence-corrected chi connectivity index (χ3v) is 2.70. The van der Waals surface area contributed by atoms with Crippen LogP contribution in [0.5, 0.6) is 0 Å². The summed E-state index contributed by atoms with van der Waals surface area (Å²) in [5.74, 6) is 0.998. The average molecular weight is 246 g/mol. The van der Waals surface area contributed by atoms with E-state index in [1.807, 2.05) is 13.0 Å². The zero-order chi connectivity index (χ0) is 13.0. The predicted molar refractivity (Wildman–Crippen MR) is 64.4 cm³/mol. The normalized spacial score (nSPS) is 16.4. The molecule has 1 aliphatic rings. The topological polar surface area (TPSA) is 66.5 Å². The molecule has 0 bridgehead atoms. The molecular formula is C13H14N2O3. The number of amides is 1. The van der Waals surface area contributed by atoms with Crippen molar-refractivity contribution in [1.82, 2.24) is 4.90 Å². The molecule has 1 aromatic rings. The van der Waals surface area contributed by atoms with Gasteiger partial charge >= 0.3 is 0 Å². The molecule has 5 heteroatoms. The average Bonchev–Trinajstić information content (AvgIpc) is 2.82. The molecule has 0 aliphatic carbocycles. The first-order valence-corrected chi connectivity index (χ1v) is 5.76. The molecule has 0 aromatic carbocycles. The molecule has 5 nitrogen and oxygen atoms in total. The van der Waals surface area contributed by atoms with E-state index < -0.39 is 0 Å². The Hall–Kier alpha value is -2.06. The van der Waals surface area contributed by atoms with E-state index in [0.717, 1.165) is 5.76 Å². The molecule has 1 amide bonds. The Balaban J connectivity index is 2.15. The summed E-state index contributed by atoms with van der Waals surface area (Å²) in [6.07, 6.45) is 1.48. The van der Waals surface area contributed by atoms with Gasteiger partial charge in [0.25, 0.3) is 5.91 Å². The van der Waals surface area contributed by atoms with Gasteiger partial charge < -0.3 is 14.1 Å². The molecule has 1 fully saturated rings. The Morgan fingerprint density at radius 3 is 2.72 bits per heavy atom. The van der Waals surface area contributed by atoms with Crippen LogP contribution in [-0.2, 0) is 9.53 Å². The van der Waals surface area contributed by atoms with E-state index >= 15 is 0 Å². The lowest BCUT2D eigenvalue weighted by molar-refractivity contribution is -0.130. The van der Waals surface area contributed by atoms with Crippen molar-refractivity contribution in [3.8, 4) is 6.07 Å². The van der Waals surface area contributed by atoms with Crippen LogP contribution in [0.2, 0.25) is 0 Å². The van der Waals surface area contributed by atoms with E-state index in [4.69, 9.17) is 14.4 Å². The predicted octanol–water partition coefficient (Wildman–Crippen LogP) is 1.35. The summed E-state index contributed by atoms with van der Waals surface area (Å²) >= 11 is 0. The van der Waals surface area contributed by atoms with Crippen molar-refractivity contribution in [1.29, 1.82) is 5.26 Å². The maximum absolute atomic E-state index is 12.1. The summed E-state index contributed by atoms with van der Waals surface area (Å²) in [5.41, 5.74) is 0.0891. The Kier molecular flexibility index (Phi) is 3.80. The molecule has 0 saturated carbocycles. The van der Waals surface area contributed by atoms with Crippen molar-refractivity contribution in [2.45, 2.75) is 6.92 Å². The zero-order valence-electron chi connectivity index (χ0n) is 10.2. The van der Waals surface area contributed by atoms with Crippen LogP contribution in [0.25, 0.3) is 6.08 Å². The van der Waals surface area contributed by atoms with Crippen LogP contribution < -0.4 is 0 Å². The highest BCUT2D eigenvalue weighted by Gasteiger charge is 2.20. The lowest BCUT2D eigenvalue weighted by Crippen LogP contribution is -2.41. The maximum Gasteiger partial charge on any atom is 0.264 e. The van der Waals surface area contributed by atoms with Crippen molar-refractivity contribution in [3.05, 3.63) is 29.2 Å². The number of ether oxygens (including phenoxy) is 1. The van der Waals surface area contributed by atoms with Gasteiger partial charge in [-0.05, 0) is 19.1 Å². The van der Waals surface area contributed by atoms with E-state index in [2.05, 4.69) is 0 Å². The van der Waals surface area contributed by atoms with Crippen LogP contribution in [0.4, 0.5) is 0 Å². The van der Waals surface area contributed by atoms with Crippen LogP contribution in [0, 0.1) is 18.3 Å². The molecule has 0 radical (unpaired) electrons. The van der Waals surface area contributed by atoms with Gasteiger partial charge in [0.15, 0.2) is 0 Å². The van der Waals surface area contributed by atoms with Crippen molar-refractivity contribution < 1.29 is 13.9 Å². The summed E-state index contributed by atoms with van der Waals surface area (Å²) in [4.78, 5) is 13.7. The fourth-order valence-electron chi connectivity index (χ4n) is 1.75. The molecule has 0 N–H and O–H groups in total. The number of nitriles is 1. The van der Waals surface area contributed by atoms with Gasteiger partial charge in [0.2, 0.25) is 0 Å². The minimum absolute atomic E-state index is 0.0891. The van der Waals surface area contributed by atoms with E-state index in [1.54, 1.807) is 17.0 Å². The molecule has 0 spiro atoms. The van der Waals surface area contributed by atoms with Gasteiger partial charge in [0.1, 0.15) is 23.2 Å². The van der Waals surface area contributed by atoms with Crippen molar-refractivity contribution in [3.63, 3.8) is 0 Å². The molecular weight excluding hydrogens is 232 g/mol. The Morgan fingerprint density at radius 2 is 2.17 bits per heavy atom. The van der Waals surface area contributed by atoms with Gasteiger partial charge in [-0.3, -0.25) is 4.79 Å². The van der Waals surface area contributed by atoms with Crippen LogP contribution in [0.3, 0.4) is 0 Å². The number of aryl methyl sites for hydroxylation is 1. The highest BCUT2D eigenvalue weighted by Crippen LogP contribution is 2.13. The highest BCUT2D eigenvalue weighted by molar-refractivity contribution is 6.01. The SMILES string of the molecule is Cc1ccc(/C=C(\C#N)C(=O)N2CCOCC2)o1. The molecule has 0 atom stereocenters. The number of carbonyl (C=O) groups excluding carboxylic acids is 1. The third kappa shape index (κ3) is 2.79. The van der Waals surface area contributed by atoms with E-state index in [-0.39, 0.29) is 11.5 Å². The maximum atomic E-state index is 12.1. The van der Waals surface area contributed by atoms with E-state index in [1.165, 1.54) is 6.08 Å². The lowest BCUT2D eigenvalue weighted by atomic mass is 10.2. The number of rotatable bonds is 2. The van der Waals surface area contributed by atoms with Gasteiger partial charge in [0, 0.05) is 19.2 Å². The van der Waals surface area contributed by atoms with Crippen LogP contribution in [0.1, 0.15) is 11.5 Å². The second-order valence-electron chi connectivity index (χ2n) is 4.02. The minimum atomic E-state index is -0.269. The van der Waals surface area contributed by atoms with E-state index in [0.29, 0.717) is 32.1 Å². The lowest BCUT2D eigenvalue weighted by Gasteiger charge is -2.26. The summed E-state index contributed by atoms with van der Waals surface area (Å²) < 4.78 is 10.5. The van der Waals surface area contributed by atoms with Gasteiger partial charge in [-0.25, -0.2) is 0 Å². The van der Waals surface area contributed by atoms with Gasteiger partial charge in [-0.1, -0.05) is 0 Å². The summed E-state index contributed by atoms with van der Waals surface area (Å²) in [7, 11) is 0. The number of hydrogen-bond acceptors (Lipinski definition) is 4. The van der Waals surface area contributed by atoms with Crippen molar-refractivity contribution >= 4 is 12.0 Å². The molecule has 0 unspecified atom stereocenters. The Bertz CT molecular complexity index is 505. The van der Waals surface area contributed by atoms with E-state index in [9.17, 15) is 4.79 Å². The highest BCUT2D eigenvalue weighted by atomic mass is 16.5. The number of furan rings is 1. The summed E-state index contributed by atoms with van der Waals surface area (Å²) in [5, 5.41) is 9.06. The van der Waals surface area contributed by atoms with Crippen molar-refractivity contribution in [2.75, 3.05) is 26.3 Å². The second kappa shape index (κ2) is 5.52. The molecule has 2 heterocycles.